The minimum Gasteiger partial charge on any atom is -0.507 e. The molecule has 1 atom stereocenters. The molecule has 0 spiro atoms. The maximum atomic E-state index is 12.1. The molecule has 0 unspecified atom stereocenters. The Morgan fingerprint density at radius 2 is 2.08 bits per heavy atom. The molecule has 0 aliphatic heterocycles. The molecule has 0 fully saturated rings. The first kappa shape index (κ1) is 18.5. The highest BCUT2D eigenvalue weighted by Crippen LogP contribution is 2.30. The van der Waals surface area contributed by atoms with Crippen LogP contribution in [0.15, 0.2) is 58.2 Å². The Morgan fingerprint density at radius 1 is 1.31 bits per heavy atom. The smallest absolute Gasteiger partial charge is 0.230 e. The van der Waals surface area contributed by atoms with Crippen LogP contribution in [0.4, 0.5) is 0 Å². The number of aromatic hydroxyl groups is 1. The molecule has 0 radical (unpaired) electrons. The molecule has 8 heteroatoms. The van der Waals surface area contributed by atoms with Crippen molar-refractivity contribution in [2.45, 2.75) is 18.1 Å². The Kier molecular flexibility index (Phi) is 5.95. The Bertz CT molecular complexity index is 901. The van der Waals surface area contributed by atoms with Gasteiger partial charge in [-0.15, -0.1) is 5.10 Å². The second-order valence-electron chi connectivity index (χ2n) is 5.62. The van der Waals surface area contributed by atoms with E-state index in [9.17, 15) is 9.90 Å². The fourth-order valence-corrected chi connectivity index (χ4v) is 3.34. The zero-order chi connectivity index (χ0) is 18.5. The van der Waals surface area contributed by atoms with E-state index in [2.05, 4.69) is 36.4 Å². The molecule has 1 heterocycles. The van der Waals surface area contributed by atoms with Gasteiger partial charge >= 0.3 is 0 Å². The molecular formula is C18H17BrN4O2S. The number of H-pyrrole nitrogens is 1. The Morgan fingerprint density at radius 3 is 2.85 bits per heavy atom. The summed E-state index contributed by atoms with van der Waals surface area (Å²) < 4.78 is 0.824. The molecule has 0 aliphatic carbocycles. The molecule has 3 rings (SSSR count). The van der Waals surface area contributed by atoms with Crippen LogP contribution in [-0.4, -0.2) is 31.9 Å². The van der Waals surface area contributed by atoms with E-state index in [-0.39, 0.29) is 23.5 Å². The van der Waals surface area contributed by atoms with Crippen molar-refractivity contribution in [3.63, 3.8) is 0 Å². The lowest BCUT2D eigenvalue weighted by molar-refractivity contribution is -0.119. The number of phenolic OH excluding ortho intramolecular Hbond substituents is 1. The van der Waals surface area contributed by atoms with Gasteiger partial charge in [-0.2, -0.15) is 0 Å². The van der Waals surface area contributed by atoms with E-state index < -0.39 is 0 Å². The predicted octanol–water partition coefficient (Wildman–Crippen LogP) is 3.91. The van der Waals surface area contributed by atoms with E-state index in [0.717, 1.165) is 10.0 Å². The molecule has 26 heavy (non-hydrogen) atoms. The molecule has 6 nitrogen and oxygen atoms in total. The monoisotopic (exact) mass is 432 g/mol. The number of hydrogen-bond acceptors (Lipinski definition) is 5. The molecule has 1 amide bonds. The van der Waals surface area contributed by atoms with E-state index in [1.54, 1.807) is 18.2 Å². The zero-order valence-corrected chi connectivity index (χ0v) is 16.3. The Balaban J connectivity index is 1.58. The fraction of sp³-hybridized carbons (Fsp3) is 0.167. The number of nitrogens with zero attached hydrogens (tertiary/aromatic N) is 2. The number of aromatic amines is 1. The van der Waals surface area contributed by atoms with E-state index in [4.69, 9.17) is 0 Å². The lowest BCUT2D eigenvalue weighted by Gasteiger charge is -2.13. The van der Waals surface area contributed by atoms with Gasteiger partial charge in [0.15, 0.2) is 5.82 Å². The van der Waals surface area contributed by atoms with Gasteiger partial charge in [-0.3, -0.25) is 9.89 Å². The minimum atomic E-state index is -0.0944. The summed E-state index contributed by atoms with van der Waals surface area (Å²) in [4.78, 5) is 16.5. The third kappa shape index (κ3) is 4.64. The lowest BCUT2D eigenvalue weighted by atomic mass is 10.1. The van der Waals surface area contributed by atoms with Gasteiger partial charge < -0.3 is 10.4 Å². The first-order valence-corrected chi connectivity index (χ1v) is 9.69. The fourth-order valence-electron chi connectivity index (χ4n) is 2.37. The van der Waals surface area contributed by atoms with Crippen molar-refractivity contribution in [3.8, 4) is 17.1 Å². The number of rotatable bonds is 6. The van der Waals surface area contributed by atoms with Gasteiger partial charge in [-0.05, 0) is 30.7 Å². The van der Waals surface area contributed by atoms with Gasteiger partial charge in [-0.25, -0.2) is 4.98 Å². The highest BCUT2D eigenvalue weighted by Gasteiger charge is 2.13. The van der Waals surface area contributed by atoms with Crippen molar-refractivity contribution in [2.75, 3.05) is 5.75 Å². The van der Waals surface area contributed by atoms with Gasteiger partial charge in [0.25, 0.3) is 0 Å². The van der Waals surface area contributed by atoms with Crippen molar-refractivity contribution in [3.05, 3.63) is 58.6 Å². The number of carbonyl (C=O) groups excluding carboxylic acids is 1. The molecule has 0 saturated heterocycles. The van der Waals surface area contributed by atoms with Crippen LogP contribution in [0.5, 0.6) is 5.75 Å². The van der Waals surface area contributed by atoms with Crippen LogP contribution in [0.2, 0.25) is 0 Å². The summed E-state index contributed by atoms with van der Waals surface area (Å²) in [6.45, 7) is 1.94. The zero-order valence-electron chi connectivity index (χ0n) is 13.9. The number of thioether (sulfide) groups is 1. The highest BCUT2D eigenvalue weighted by molar-refractivity contribution is 9.10. The predicted molar refractivity (Wildman–Crippen MR) is 105 cm³/mol. The summed E-state index contributed by atoms with van der Waals surface area (Å²) in [6, 6.07) is 14.8. The maximum Gasteiger partial charge on any atom is 0.230 e. The first-order valence-electron chi connectivity index (χ1n) is 7.91. The lowest BCUT2D eigenvalue weighted by Crippen LogP contribution is -2.28. The van der Waals surface area contributed by atoms with Crippen LogP contribution < -0.4 is 5.32 Å². The number of carbonyl (C=O) groups is 1. The summed E-state index contributed by atoms with van der Waals surface area (Å²) >= 11 is 4.59. The maximum absolute atomic E-state index is 12.1. The van der Waals surface area contributed by atoms with E-state index in [1.165, 1.54) is 11.8 Å². The van der Waals surface area contributed by atoms with Crippen molar-refractivity contribution >= 4 is 33.6 Å². The van der Waals surface area contributed by atoms with Crippen LogP contribution in [-0.2, 0) is 4.79 Å². The third-order valence-electron chi connectivity index (χ3n) is 3.69. The summed E-state index contributed by atoms with van der Waals surface area (Å²) in [5.74, 6) is 0.668. The molecule has 134 valence electrons. The first-order chi connectivity index (χ1) is 12.5. The number of halogens is 1. The summed E-state index contributed by atoms with van der Waals surface area (Å²) in [5.41, 5.74) is 1.59. The number of hydrogen-bond donors (Lipinski definition) is 3. The molecular weight excluding hydrogens is 416 g/mol. The standard InChI is InChI=1S/C18H17BrN4O2S/c1-11(12-5-3-2-4-6-12)20-16(25)10-26-18-21-17(22-23-18)14-9-13(19)7-8-15(14)24/h2-9,11,24H,10H2,1H3,(H,20,25)(H,21,22,23)/t11-/m1/s1. The summed E-state index contributed by atoms with van der Waals surface area (Å²) in [6.07, 6.45) is 0. The van der Waals surface area contributed by atoms with Crippen LogP contribution in [0.25, 0.3) is 11.4 Å². The number of aromatic nitrogens is 3. The molecule has 0 aliphatic rings. The summed E-state index contributed by atoms with van der Waals surface area (Å²) in [5, 5.41) is 20.2. The van der Waals surface area contributed by atoms with Gasteiger partial charge in [0.2, 0.25) is 11.1 Å². The average molecular weight is 433 g/mol. The van der Waals surface area contributed by atoms with Gasteiger partial charge in [0.1, 0.15) is 5.75 Å². The van der Waals surface area contributed by atoms with Crippen LogP contribution in [0, 0.1) is 0 Å². The quantitative estimate of drug-likeness (QED) is 0.513. The van der Waals surface area contributed by atoms with E-state index in [1.807, 2.05) is 37.3 Å². The average Bonchev–Trinajstić information content (AvgIpc) is 3.11. The number of phenols is 1. The number of nitrogens with one attached hydrogen (secondary N) is 2. The third-order valence-corrected chi connectivity index (χ3v) is 5.03. The molecule has 3 N–H and O–H groups in total. The van der Waals surface area contributed by atoms with Crippen LogP contribution in [0.3, 0.4) is 0 Å². The van der Waals surface area contributed by atoms with Gasteiger partial charge in [0, 0.05) is 4.47 Å². The van der Waals surface area contributed by atoms with Crippen molar-refractivity contribution in [2.24, 2.45) is 0 Å². The van der Waals surface area contributed by atoms with Crippen molar-refractivity contribution in [1.29, 1.82) is 0 Å². The van der Waals surface area contributed by atoms with Crippen LogP contribution >= 0.6 is 27.7 Å². The Labute approximate surface area is 163 Å². The molecule has 2 aromatic carbocycles. The Hall–Kier alpha value is -2.32. The number of benzene rings is 2. The molecule has 0 bridgehead atoms. The molecule has 0 saturated carbocycles. The SMILES string of the molecule is C[C@@H](NC(=O)CSc1n[nH]c(-c2cc(Br)ccc2O)n1)c1ccccc1. The van der Waals surface area contributed by atoms with Crippen molar-refractivity contribution in [1.82, 2.24) is 20.5 Å². The highest BCUT2D eigenvalue weighted by atomic mass is 79.9. The second-order valence-corrected chi connectivity index (χ2v) is 7.47. The summed E-state index contributed by atoms with van der Waals surface area (Å²) in [7, 11) is 0. The minimum absolute atomic E-state index is 0.0642. The van der Waals surface area contributed by atoms with Gasteiger partial charge in [0.05, 0.1) is 17.4 Å². The number of amides is 1. The largest absolute Gasteiger partial charge is 0.507 e. The molecule has 3 aromatic rings. The molecule has 1 aromatic heterocycles. The van der Waals surface area contributed by atoms with Crippen LogP contribution in [0.1, 0.15) is 18.5 Å². The second kappa shape index (κ2) is 8.37. The van der Waals surface area contributed by atoms with E-state index >= 15 is 0 Å². The van der Waals surface area contributed by atoms with Gasteiger partial charge in [-0.1, -0.05) is 58.0 Å². The van der Waals surface area contributed by atoms with Crippen molar-refractivity contribution < 1.29 is 9.90 Å². The topological polar surface area (TPSA) is 90.9 Å². The van der Waals surface area contributed by atoms with E-state index in [0.29, 0.717) is 16.5 Å². The normalized spacial score (nSPS) is 11.9.